The number of hydrogen-bond donors (Lipinski definition) is 0. The SMILES string of the molecule is CCC1CCC(C(CC)C(CC)CC)CC1. The van der Waals surface area contributed by atoms with E-state index in [1.807, 2.05) is 0 Å². The van der Waals surface area contributed by atoms with Gasteiger partial charge in [0.05, 0.1) is 0 Å². The Balaban J connectivity index is 2.48. The third-order valence-corrected chi connectivity index (χ3v) is 5.20. The molecule has 1 saturated carbocycles. The van der Waals surface area contributed by atoms with Crippen molar-refractivity contribution < 1.29 is 0 Å². The molecule has 0 aromatic carbocycles. The molecule has 96 valence electrons. The van der Waals surface area contributed by atoms with Gasteiger partial charge in [0.25, 0.3) is 0 Å². The van der Waals surface area contributed by atoms with E-state index in [2.05, 4.69) is 27.7 Å². The molecule has 0 saturated heterocycles. The van der Waals surface area contributed by atoms with Crippen molar-refractivity contribution in [1.29, 1.82) is 0 Å². The fraction of sp³-hybridized carbons (Fsp3) is 1.00. The van der Waals surface area contributed by atoms with Gasteiger partial charge in [-0.2, -0.15) is 0 Å². The smallest absolute Gasteiger partial charge is 0.0360 e. The van der Waals surface area contributed by atoms with Crippen molar-refractivity contribution in [3.63, 3.8) is 0 Å². The summed E-state index contributed by atoms with van der Waals surface area (Å²) in [5.74, 6) is 4.12. The number of hydrogen-bond acceptors (Lipinski definition) is 0. The molecule has 0 bridgehead atoms. The Morgan fingerprint density at radius 3 is 1.75 bits per heavy atom. The van der Waals surface area contributed by atoms with E-state index in [-0.39, 0.29) is 0 Å². The van der Waals surface area contributed by atoms with Crippen molar-refractivity contribution in [2.45, 2.75) is 79.1 Å². The van der Waals surface area contributed by atoms with Crippen molar-refractivity contribution in [1.82, 2.24) is 0 Å². The summed E-state index contributed by atoms with van der Waals surface area (Å²) < 4.78 is 0. The summed E-state index contributed by atoms with van der Waals surface area (Å²) in [6.07, 6.45) is 11.7. The largest absolute Gasteiger partial charge is 0.0651 e. The van der Waals surface area contributed by atoms with E-state index in [1.165, 1.54) is 51.4 Å². The predicted molar refractivity (Wildman–Crippen MR) is 73.6 cm³/mol. The summed E-state index contributed by atoms with van der Waals surface area (Å²) in [5.41, 5.74) is 0. The summed E-state index contributed by atoms with van der Waals surface area (Å²) in [6.45, 7) is 9.54. The van der Waals surface area contributed by atoms with Gasteiger partial charge in [0.1, 0.15) is 0 Å². The Kier molecular flexibility index (Phi) is 6.46. The van der Waals surface area contributed by atoms with Crippen LogP contribution in [0.2, 0.25) is 0 Å². The minimum Gasteiger partial charge on any atom is -0.0651 e. The van der Waals surface area contributed by atoms with Gasteiger partial charge in [-0.05, 0) is 36.5 Å². The van der Waals surface area contributed by atoms with Crippen LogP contribution in [0, 0.1) is 23.7 Å². The first kappa shape index (κ1) is 14.1. The van der Waals surface area contributed by atoms with Crippen molar-refractivity contribution in [2.75, 3.05) is 0 Å². The minimum absolute atomic E-state index is 0.994. The van der Waals surface area contributed by atoms with E-state index in [0.29, 0.717) is 0 Å². The molecule has 1 aliphatic rings. The Bertz CT molecular complexity index is 161. The maximum absolute atomic E-state index is 2.41. The molecule has 1 aliphatic carbocycles. The third-order valence-electron chi connectivity index (χ3n) is 5.20. The van der Waals surface area contributed by atoms with Crippen LogP contribution in [-0.2, 0) is 0 Å². The van der Waals surface area contributed by atoms with Crippen LogP contribution in [0.15, 0.2) is 0 Å². The molecular formula is C16H32. The lowest BCUT2D eigenvalue weighted by atomic mass is 9.69. The third kappa shape index (κ3) is 3.50. The van der Waals surface area contributed by atoms with Crippen LogP contribution < -0.4 is 0 Å². The van der Waals surface area contributed by atoms with Crippen molar-refractivity contribution in [3.8, 4) is 0 Å². The van der Waals surface area contributed by atoms with E-state index in [1.54, 1.807) is 0 Å². The minimum atomic E-state index is 0.994. The topological polar surface area (TPSA) is 0 Å². The summed E-state index contributed by atoms with van der Waals surface area (Å²) in [4.78, 5) is 0. The Morgan fingerprint density at radius 2 is 1.38 bits per heavy atom. The molecule has 16 heavy (non-hydrogen) atoms. The van der Waals surface area contributed by atoms with E-state index in [0.717, 1.165) is 23.7 Å². The summed E-state index contributed by atoms with van der Waals surface area (Å²) in [5, 5.41) is 0. The number of rotatable bonds is 6. The quantitative estimate of drug-likeness (QED) is 0.545. The second kappa shape index (κ2) is 7.35. The summed E-state index contributed by atoms with van der Waals surface area (Å²) >= 11 is 0. The van der Waals surface area contributed by atoms with Gasteiger partial charge in [0, 0.05) is 0 Å². The van der Waals surface area contributed by atoms with Gasteiger partial charge in [-0.1, -0.05) is 66.2 Å². The zero-order valence-electron chi connectivity index (χ0n) is 12.0. The molecule has 0 aliphatic heterocycles. The van der Waals surface area contributed by atoms with Gasteiger partial charge >= 0.3 is 0 Å². The molecule has 0 spiro atoms. The zero-order chi connectivity index (χ0) is 12.0. The van der Waals surface area contributed by atoms with Crippen molar-refractivity contribution >= 4 is 0 Å². The molecule has 0 aromatic rings. The average molecular weight is 224 g/mol. The van der Waals surface area contributed by atoms with Crippen LogP contribution in [0.4, 0.5) is 0 Å². The average Bonchev–Trinajstić information content (AvgIpc) is 2.36. The van der Waals surface area contributed by atoms with E-state index in [4.69, 9.17) is 0 Å². The van der Waals surface area contributed by atoms with Gasteiger partial charge < -0.3 is 0 Å². The van der Waals surface area contributed by atoms with E-state index < -0.39 is 0 Å². The first-order valence-corrected chi connectivity index (χ1v) is 7.76. The summed E-state index contributed by atoms with van der Waals surface area (Å²) in [6, 6.07) is 0. The molecule has 0 nitrogen and oxygen atoms in total. The van der Waals surface area contributed by atoms with Crippen LogP contribution in [0.5, 0.6) is 0 Å². The normalized spacial score (nSPS) is 28.3. The lowest BCUT2D eigenvalue weighted by Gasteiger charge is -2.37. The van der Waals surface area contributed by atoms with Crippen LogP contribution >= 0.6 is 0 Å². The molecular weight excluding hydrogens is 192 g/mol. The highest BCUT2D eigenvalue weighted by atomic mass is 14.3. The highest BCUT2D eigenvalue weighted by Gasteiger charge is 2.29. The molecule has 1 unspecified atom stereocenters. The molecule has 0 aromatic heterocycles. The Labute approximate surface area is 103 Å². The molecule has 0 heteroatoms. The van der Waals surface area contributed by atoms with Crippen LogP contribution in [0.1, 0.15) is 79.1 Å². The van der Waals surface area contributed by atoms with Gasteiger partial charge in [-0.15, -0.1) is 0 Å². The highest BCUT2D eigenvalue weighted by molar-refractivity contribution is 4.80. The lowest BCUT2D eigenvalue weighted by molar-refractivity contribution is 0.140. The standard InChI is InChI=1S/C16H32/c1-5-13-9-11-15(12-10-13)16(8-4)14(6-2)7-3/h13-16H,5-12H2,1-4H3. The van der Waals surface area contributed by atoms with Gasteiger partial charge in [-0.3, -0.25) is 0 Å². The molecule has 0 amide bonds. The molecule has 1 rings (SSSR count). The molecule has 0 heterocycles. The van der Waals surface area contributed by atoms with Gasteiger partial charge in [0.15, 0.2) is 0 Å². The maximum Gasteiger partial charge on any atom is -0.0360 e. The van der Waals surface area contributed by atoms with E-state index in [9.17, 15) is 0 Å². The van der Waals surface area contributed by atoms with E-state index >= 15 is 0 Å². The Hall–Kier alpha value is 0. The van der Waals surface area contributed by atoms with Gasteiger partial charge in [0.2, 0.25) is 0 Å². The lowest BCUT2D eigenvalue weighted by Crippen LogP contribution is -2.26. The second-order valence-corrected chi connectivity index (χ2v) is 5.84. The molecule has 0 N–H and O–H groups in total. The van der Waals surface area contributed by atoms with Crippen LogP contribution in [-0.4, -0.2) is 0 Å². The van der Waals surface area contributed by atoms with Crippen LogP contribution in [0.25, 0.3) is 0 Å². The fourth-order valence-corrected chi connectivity index (χ4v) is 3.97. The van der Waals surface area contributed by atoms with Gasteiger partial charge in [-0.25, -0.2) is 0 Å². The fourth-order valence-electron chi connectivity index (χ4n) is 3.97. The van der Waals surface area contributed by atoms with Crippen LogP contribution in [0.3, 0.4) is 0 Å². The second-order valence-electron chi connectivity index (χ2n) is 5.84. The van der Waals surface area contributed by atoms with Crippen molar-refractivity contribution in [2.24, 2.45) is 23.7 Å². The first-order chi connectivity index (χ1) is 7.76. The Morgan fingerprint density at radius 1 is 0.812 bits per heavy atom. The first-order valence-electron chi connectivity index (χ1n) is 7.76. The summed E-state index contributed by atoms with van der Waals surface area (Å²) in [7, 11) is 0. The predicted octanol–water partition coefficient (Wildman–Crippen LogP) is 5.67. The maximum atomic E-state index is 2.41. The highest BCUT2D eigenvalue weighted by Crippen LogP contribution is 2.40. The molecule has 0 radical (unpaired) electrons. The molecule has 1 atom stereocenters. The monoisotopic (exact) mass is 224 g/mol. The molecule has 1 fully saturated rings. The zero-order valence-corrected chi connectivity index (χ0v) is 12.0. The van der Waals surface area contributed by atoms with Crippen molar-refractivity contribution in [3.05, 3.63) is 0 Å².